The molecule has 1 amide bonds. The smallest absolute Gasteiger partial charge is 0.512 e. The van der Waals surface area contributed by atoms with Crippen molar-refractivity contribution in [1.82, 2.24) is 4.90 Å². The molecule has 0 unspecified atom stereocenters. The number of piperidine rings is 1. The molecule has 1 saturated heterocycles. The number of nitrogens with zero attached hydrogens (tertiary/aromatic N) is 1. The summed E-state index contributed by atoms with van der Waals surface area (Å²) < 4.78 is 4.73. The third kappa shape index (κ3) is 3.24. The molecule has 2 N–H and O–H groups in total. The molecule has 0 atom stereocenters. The van der Waals surface area contributed by atoms with E-state index in [1.165, 1.54) is 12.5 Å². The van der Waals surface area contributed by atoms with Crippen LogP contribution >= 0.6 is 0 Å². The third-order valence-electron chi connectivity index (χ3n) is 2.97. The van der Waals surface area contributed by atoms with Crippen LogP contribution in [0.4, 0.5) is 0 Å². The SMILES string of the molecule is O=C(c1cccc(OB(O)O)c1)N1CCCCC1. The molecule has 5 nitrogen and oxygen atoms in total. The first kappa shape index (κ1) is 12.9. The van der Waals surface area contributed by atoms with Crippen LogP contribution in [0, 0.1) is 0 Å². The van der Waals surface area contributed by atoms with Gasteiger partial charge in [0.2, 0.25) is 0 Å². The molecular formula is C12H16BNO4. The maximum atomic E-state index is 12.2. The number of hydrogen-bond acceptors (Lipinski definition) is 4. The number of benzene rings is 1. The number of amides is 1. The molecular weight excluding hydrogens is 233 g/mol. The molecule has 0 radical (unpaired) electrons. The Kier molecular flexibility index (Phi) is 4.22. The summed E-state index contributed by atoms with van der Waals surface area (Å²) in [6, 6.07) is 6.46. The van der Waals surface area contributed by atoms with Crippen LogP contribution in [-0.4, -0.2) is 41.3 Å². The van der Waals surface area contributed by atoms with E-state index in [-0.39, 0.29) is 11.7 Å². The Morgan fingerprint density at radius 3 is 2.61 bits per heavy atom. The van der Waals surface area contributed by atoms with Crippen LogP contribution in [0.1, 0.15) is 29.6 Å². The largest absolute Gasteiger partial charge is 0.707 e. The monoisotopic (exact) mass is 249 g/mol. The summed E-state index contributed by atoms with van der Waals surface area (Å²) in [4.78, 5) is 14.0. The van der Waals surface area contributed by atoms with Gasteiger partial charge in [-0.15, -0.1) is 0 Å². The van der Waals surface area contributed by atoms with Gasteiger partial charge in [-0.25, -0.2) is 0 Å². The lowest BCUT2D eigenvalue weighted by Gasteiger charge is -2.26. The molecule has 1 aliphatic rings. The first-order valence-corrected chi connectivity index (χ1v) is 6.09. The van der Waals surface area contributed by atoms with Crippen LogP contribution in [0.5, 0.6) is 5.75 Å². The molecule has 0 bridgehead atoms. The molecule has 1 fully saturated rings. The molecule has 1 heterocycles. The average Bonchev–Trinajstić information content (AvgIpc) is 2.38. The Balaban J connectivity index is 2.09. The highest BCUT2D eigenvalue weighted by molar-refractivity contribution is 6.33. The van der Waals surface area contributed by atoms with Crippen molar-refractivity contribution < 1.29 is 19.5 Å². The Bertz CT molecular complexity index is 418. The molecule has 0 saturated carbocycles. The summed E-state index contributed by atoms with van der Waals surface area (Å²) in [6.07, 6.45) is 3.25. The summed E-state index contributed by atoms with van der Waals surface area (Å²) in [5.41, 5.74) is 0.509. The lowest BCUT2D eigenvalue weighted by molar-refractivity contribution is 0.0724. The van der Waals surface area contributed by atoms with Crippen molar-refractivity contribution in [2.24, 2.45) is 0 Å². The second-order valence-electron chi connectivity index (χ2n) is 4.32. The average molecular weight is 249 g/mol. The summed E-state index contributed by atoms with van der Waals surface area (Å²) >= 11 is 0. The Morgan fingerprint density at radius 1 is 1.22 bits per heavy atom. The van der Waals surface area contributed by atoms with Crippen molar-refractivity contribution in [3.05, 3.63) is 29.8 Å². The number of carbonyl (C=O) groups is 1. The molecule has 0 aromatic heterocycles. The minimum atomic E-state index is -1.87. The lowest BCUT2D eigenvalue weighted by atomic mass is 10.1. The van der Waals surface area contributed by atoms with Crippen molar-refractivity contribution in [3.8, 4) is 5.75 Å². The topological polar surface area (TPSA) is 70.0 Å². The van der Waals surface area contributed by atoms with Crippen LogP contribution in [-0.2, 0) is 0 Å². The fourth-order valence-corrected chi connectivity index (χ4v) is 2.10. The predicted octanol–water partition coefficient (Wildman–Crippen LogP) is 0.661. The first-order chi connectivity index (χ1) is 8.66. The molecule has 1 aromatic rings. The molecule has 2 rings (SSSR count). The highest BCUT2D eigenvalue weighted by Gasteiger charge is 2.19. The van der Waals surface area contributed by atoms with E-state index in [1.807, 2.05) is 4.90 Å². The van der Waals surface area contributed by atoms with Gasteiger partial charge < -0.3 is 19.6 Å². The van der Waals surface area contributed by atoms with Gasteiger partial charge in [-0.1, -0.05) is 6.07 Å². The van der Waals surface area contributed by atoms with E-state index in [2.05, 4.69) is 0 Å². The van der Waals surface area contributed by atoms with Gasteiger partial charge in [-0.2, -0.15) is 0 Å². The van der Waals surface area contributed by atoms with Gasteiger partial charge in [0.1, 0.15) is 5.75 Å². The van der Waals surface area contributed by atoms with Crippen molar-refractivity contribution in [3.63, 3.8) is 0 Å². The summed E-state index contributed by atoms with van der Waals surface area (Å²) in [7, 11) is -1.87. The highest BCUT2D eigenvalue weighted by atomic mass is 16.6. The van der Waals surface area contributed by atoms with E-state index in [0.717, 1.165) is 25.9 Å². The Labute approximate surface area is 106 Å². The van der Waals surface area contributed by atoms with Gasteiger partial charge in [0.25, 0.3) is 5.91 Å². The predicted molar refractivity (Wildman–Crippen MR) is 67.0 cm³/mol. The van der Waals surface area contributed by atoms with Gasteiger partial charge in [0, 0.05) is 18.7 Å². The van der Waals surface area contributed by atoms with E-state index in [1.54, 1.807) is 18.2 Å². The van der Waals surface area contributed by atoms with Crippen molar-refractivity contribution >= 4 is 13.2 Å². The second-order valence-corrected chi connectivity index (χ2v) is 4.32. The quantitative estimate of drug-likeness (QED) is 0.772. The standard InChI is InChI=1S/C12H16BNO4/c15-12(14-7-2-1-3-8-14)10-5-4-6-11(9-10)18-13(16)17/h4-6,9,16-17H,1-3,7-8H2. The van der Waals surface area contributed by atoms with Crippen LogP contribution in [0.25, 0.3) is 0 Å². The molecule has 6 heteroatoms. The zero-order valence-electron chi connectivity index (χ0n) is 10.1. The van der Waals surface area contributed by atoms with E-state index in [9.17, 15) is 4.79 Å². The summed E-state index contributed by atoms with van der Waals surface area (Å²) in [5.74, 6) is 0.237. The number of hydrogen-bond donors (Lipinski definition) is 2. The first-order valence-electron chi connectivity index (χ1n) is 6.09. The Hall–Kier alpha value is -1.53. The lowest BCUT2D eigenvalue weighted by Crippen LogP contribution is -2.35. The maximum Gasteiger partial charge on any atom is 0.707 e. The van der Waals surface area contributed by atoms with Gasteiger partial charge in [-0.05, 0) is 37.5 Å². The molecule has 96 valence electrons. The minimum Gasteiger partial charge on any atom is -0.512 e. The van der Waals surface area contributed by atoms with Gasteiger partial charge >= 0.3 is 7.32 Å². The van der Waals surface area contributed by atoms with Crippen LogP contribution in [0.2, 0.25) is 0 Å². The van der Waals surface area contributed by atoms with Gasteiger partial charge in [0.15, 0.2) is 0 Å². The van der Waals surface area contributed by atoms with Crippen LogP contribution < -0.4 is 4.65 Å². The molecule has 0 spiro atoms. The van der Waals surface area contributed by atoms with Gasteiger partial charge in [-0.3, -0.25) is 4.79 Å². The van der Waals surface area contributed by atoms with Crippen LogP contribution in [0.3, 0.4) is 0 Å². The Morgan fingerprint density at radius 2 is 1.94 bits per heavy atom. The third-order valence-corrected chi connectivity index (χ3v) is 2.97. The number of likely N-dealkylation sites (tertiary alicyclic amines) is 1. The van der Waals surface area contributed by atoms with E-state index >= 15 is 0 Å². The molecule has 18 heavy (non-hydrogen) atoms. The molecule has 1 aliphatic heterocycles. The summed E-state index contributed by atoms with van der Waals surface area (Å²) in [5, 5.41) is 17.4. The fraction of sp³-hybridized carbons (Fsp3) is 0.417. The fourth-order valence-electron chi connectivity index (χ4n) is 2.10. The number of carbonyl (C=O) groups excluding carboxylic acids is 1. The van der Waals surface area contributed by atoms with E-state index in [4.69, 9.17) is 14.7 Å². The summed E-state index contributed by atoms with van der Waals surface area (Å²) in [6.45, 7) is 1.57. The van der Waals surface area contributed by atoms with Crippen molar-refractivity contribution in [2.45, 2.75) is 19.3 Å². The van der Waals surface area contributed by atoms with Crippen LogP contribution in [0.15, 0.2) is 24.3 Å². The molecule has 0 aliphatic carbocycles. The van der Waals surface area contributed by atoms with Crippen molar-refractivity contribution in [2.75, 3.05) is 13.1 Å². The maximum absolute atomic E-state index is 12.2. The zero-order chi connectivity index (χ0) is 13.0. The minimum absolute atomic E-state index is 0.0346. The zero-order valence-corrected chi connectivity index (χ0v) is 10.1. The molecule has 1 aromatic carbocycles. The van der Waals surface area contributed by atoms with E-state index in [0.29, 0.717) is 5.56 Å². The van der Waals surface area contributed by atoms with E-state index < -0.39 is 7.32 Å². The normalized spacial score (nSPS) is 15.3. The number of rotatable bonds is 3. The van der Waals surface area contributed by atoms with Gasteiger partial charge in [0.05, 0.1) is 0 Å². The highest BCUT2D eigenvalue weighted by Crippen LogP contribution is 2.17. The van der Waals surface area contributed by atoms with Crippen molar-refractivity contribution in [1.29, 1.82) is 0 Å². The second kappa shape index (κ2) is 5.88.